The third kappa shape index (κ3) is 3.08. The second-order valence-corrected chi connectivity index (χ2v) is 6.62. The van der Waals surface area contributed by atoms with Crippen LogP contribution in [0.15, 0.2) is 6.07 Å². The van der Waals surface area contributed by atoms with Crippen molar-refractivity contribution in [1.82, 2.24) is 4.98 Å². The summed E-state index contributed by atoms with van der Waals surface area (Å²) in [7, 11) is 0. The Morgan fingerprint density at radius 1 is 1.24 bits per heavy atom. The van der Waals surface area contributed by atoms with Crippen LogP contribution in [0.1, 0.15) is 68.7 Å². The number of anilines is 1. The van der Waals surface area contributed by atoms with E-state index in [9.17, 15) is 0 Å². The van der Waals surface area contributed by atoms with Crippen LogP contribution in [0.5, 0.6) is 0 Å². The Morgan fingerprint density at radius 2 is 2.10 bits per heavy atom. The molecule has 2 heterocycles. The van der Waals surface area contributed by atoms with Crippen molar-refractivity contribution in [3.8, 4) is 0 Å². The van der Waals surface area contributed by atoms with E-state index < -0.39 is 0 Å². The molecule has 21 heavy (non-hydrogen) atoms. The number of nitrogens with two attached hydrogens (primary N) is 1. The largest absolute Gasteiger partial charge is 0.353 e. The normalized spacial score (nSPS) is 22.2. The van der Waals surface area contributed by atoms with Crippen molar-refractivity contribution in [2.75, 3.05) is 11.4 Å². The Labute approximate surface area is 128 Å². The van der Waals surface area contributed by atoms with Crippen LogP contribution >= 0.6 is 0 Å². The molecule has 1 aliphatic carbocycles. The third-order valence-electron chi connectivity index (χ3n) is 5.10. The van der Waals surface area contributed by atoms with E-state index in [1.807, 2.05) is 0 Å². The van der Waals surface area contributed by atoms with E-state index in [4.69, 9.17) is 10.7 Å². The SMILES string of the molecule is CCCC1CCCCN1c1nc2c(cc1CN)CCCC2. The van der Waals surface area contributed by atoms with Crippen molar-refractivity contribution in [2.45, 2.75) is 77.3 Å². The van der Waals surface area contributed by atoms with Gasteiger partial charge in [0, 0.05) is 30.4 Å². The summed E-state index contributed by atoms with van der Waals surface area (Å²) < 4.78 is 0. The molecule has 1 saturated heterocycles. The number of nitrogens with zero attached hydrogens (tertiary/aromatic N) is 2. The monoisotopic (exact) mass is 287 g/mol. The second kappa shape index (κ2) is 6.78. The summed E-state index contributed by atoms with van der Waals surface area (Å²) in [5, 5.41) is 0. The van der Waals surface area contributed by atoms with E-state index in [1.54, 1.807) is 0 Å². The Morgan fingerprint density at radius 3 is 2.90 bits per heavy atom. The molecule has 0 saturated carbocycles. The Balaban J connectivity index is 1.95. The highest BCUT2D eigenvalue weighted by Gasteiger charge is 2.26. The lowest BCUT2D eigenvalue weighted by Crippen LogP contribution is -2.41. The maximum atomic E-state index is 6.04. The molecule has 0 spiro atoms. The minimum atomic E-state index is 0.616. The first kappa shape index (κ1) is 14.8. The first-order valence-corrected chi connectivity index (χ1v) is 8.82. The highest BCUT2D eigenvalue weighted by molar-refractivity contribution is 5.51. The molecule has 2 aliphatic rings. The van der Waals surface area contributed by atoms with E-state index in [0.29, 0.717) is 12.6 Å². The van der Waals surface area contributed by atoms with E-state index in [0.717, 1.165) is 13.0 Å². The molecular formula is C18H29N3. The van der Waals surface area contributed by atoms with Gasteiger partial charge in [0.05, 0.1) is 0 Å². The van der Waals surface area contributed by atoms with E-state index in [-0.39, 0.29) is 0 Å². The summed E-state index contributed by atoms with van der Waals surface area (Å²) in [5.41, 5.74) is 10.1. The van der Waals surface area contributed by atoms with E-state index >= 15 is 0 Å². The molecular weight excluding hydrogens is 258 g/mol. The molecule has 0 aromatic carbocycles. The van der Waals surface area contributed by atoms with Crippen molar-refractivity contribution >= 4 is 5.82 Å². The molecule has 0 amide bonds. The van der Waals surface area contributed by atoms with Gasteiger partial charge in [-0.1, -0.05) is 13.3 Å². The number of pyridine rings is 1. The molecule has 1 unspecified atom stereocenters. The summed E-state index contributed by atoms with van der Waals surface area (Å²) in [6.07, 6.45) is 11.4. The molecule has 3 heteroatoms. The van der Waals surface area contributed by atoms with Crippen LogP contribution in [0.3, 0.4) is 0 Å². The average Bonchev–Trinajstić information content (AvgIpc) is 2.54. The van der Waals surface area contributed by atoms with Crippen molar-refractivity contribution in [3.63, 3.8) is 0 Å². The first-order valence-electron chi connectivity index (χ1n) is 8.82. The Bertz CT molecular complexity index is 482. The van der Waals surface area contributed by atoms with Gasteiger partial charge in [0.2, 0.25) is 0 Å². The molecule has 1 aromatic heterocycles. The summed E-state index contributed by atoms with van der Waals surface area (Å²) in [6, 6.07) is 3.03. The van der Waals surface area contributed by atoms with Crippen LogP contribution in [0.4, 0.5) is 5.82 Å². The van der Waals surface area contributed by atoms with Gasteiger partial charge in [-0.15, -0.1) is 0 Å². The topological polar surface area (TPSA) is 42.2 Å². The molecule has 1 aliphatic heterocycles. The molecule has 1 fully saturated rings. The van der Waals surface area contributed by atoms with Crippen LogP contribution in [0.2, 0.25) is 0 Å². The fraction of sp³-hybridized carbons (Fsp3) is 0.722. The summed E-state index contributed by atoms with van der Waals surface area (Å²) in [6.45, 7) is 4.06. The smallest absolute Gasteiger partial charge is 0.133 e. The molecule has 3 rings (SSSR count). The zero-order valence-corrected chi connectivity index (χ0v) is 13.4. The van der Waals surface area contributed by atoms with Crippen LogP contribution in [0, 0.1) is 0 Å². The van der Waals surface area contributed by atoms with E-state index in [1.165, 1.54) is 74.0 Å². The third-order valence-corrected chi connectivity index (χ3v) is 5.10. The molecule has 0 radical (unpaired) electrons. The van der Waals surface area contributed by atoms with Gasteiger partial charge in [-0.3, -0.25) is 0 Å². The van der Waals surface area contributed by atoms with Crippen molar-refractivity contribution < 1.29 is 0 Å². The number of hydrogen-bond acceptors (Lipinski definition) is 3. The second-order valence-electron chi connectivity index (χ2n) is 6.62. The van der Waals surface area contributed by atoms with Gasteiger partial charge in [-0.2, -0.15) is 0 Å². The Hall–Kier alpha value is -1.09. The minimum Gasteiger partial charge on any atom is -0.353 e. The summed E-state index contributed by atoms with van der Waals surface area (Å²) in [5.74, 6) is 1.20. The predicted octanol–water partition coefficient (Wildman–Crippen LogP) is 3.58. The zero-order valence-electron chi connectivity index (χ0n) is 13.4. The lowest BCUT2D eigenvalue weighted by Gasteiger charge is -2.38. The fourth-order valence-corrected chi connectivity index (χ4v) is 3.98. The number of rotatable bonds is 4. The lowest BCUT2D eigenvalue weighted by atomic mass is 9.93. The van der Waals surface area contributed by atoms with Gasteiger partial charge in [0.15, 0.2) is 0 Å². The van der Waals surface area contributed by atoms with Gasteiger partial charge < -0.3 is 10.6 Å². The van der Waals surface area contributed by atoms with E-state index in [2.05, 4.69) is 17.9 Å². The summed E-state index contributed by atoms with van der Waals surface area (Å²) >= 11 is 0. The highest BCUT2D eigenvalue weighted by Crippen LogP contribution is 2.31. The van der Waals surface area contributed by atoms with Crippen LogP contribution in [0.25, 0.3) is 0 Å². The fourth-order valence-electron chi connectivity index (χ4n) is 3.98. The number of fused-ring (bicyclic) bond motifs is 1. The lowest BCUT2D eigenvalue weighted by molar-refractivity contribution is 0.430. The number of piperidine rings is 1. The molecule has 0 bridgehead atoms. The quantitative estimate of drug-likeness (QED) is 0.920. The number of aryl methyl sites for hydroxylation is 2. The van der Waals surface area contributed by atoms with Gasteiger partial charge in [0.25, 0.3) is 0 Å². The average molecular weight is 287 g/mol. The molecule has 116 valence electrons. The predicted molar refractivity (Wildman–Crippen MR) is 88.7 cm³/mol. The van der Waals surface area contributed by atoms with Crippen molar-refractivity contribution in [3.05, 3.63) is 22.9 Å². The molecule has 1 atom stereocenters. The molecule has 1 aromatic rings. The number of aromatic nitrogens is 1. The molecule has 3 nitrogen and oxygen atoms in total. The van der Waals surface area contributed by atoms with Crippen molar-refractivity contribution in [2.24, 2.45) is 5.73 Å². The van der Waals surface area contributed by atoms with Gasteiger partial charge >= 0.3 is 0 Å². The summed E-state index contributed by atoms with van der Waals surface area (Å²) in [4.78, 5) is 7.66. The molecule has 2 N–H and O–H groups in total. The maximum absolute atomic E-state index is 6.04. The first-order chi connectivity index (χ1) is 10.3. The van der Waals surface area contributed by atoms with Crippen LogP contribution in [-0.4, -0.2) is 17.6 Å². The highest BCUT2D eigenvalue weighted by atomic mass is 15.2. The van der Waals surface area contributed by atoms with Crippen LogP contribution in [-0.2, 0) is 19.4 Å². The van der Waals surface area contributed by atoms with Gasteiger partial charge in [-0.05, 0) is 63.0 Å². The van der Waals surface area contributed by atoms with Gasteiger partial charge in [-0.25, -0.2) is 4.98 Å². The number of hydrogen-bond donors (Lipinski definition) is 1. The van der Waals surface area contributed by atoms with Crippen molar-refractivity contribution in [1.29, 1.82) is 0 Å². The minimum absolute atomic E-state index is 0.616. The zero-order chi connectivity index (χ0) is 14.7. The van der Waals surface area contributed by atoms with Gasteiger partial charge in [0.1, 0.15) is 5.82 Å². The standard InChI is InChI=1S/C18H29N3/c1-2-7-16-9-5-6-11-21(16)18-15(13-19)12-14-8-3-4-10-17(14)20-18/h12,16H,2-11,13,19H2,1H3. The van der Waals surface area contributed by atoms with Crippen LogP contribution < -0.4 is 10.6 Å². The Kier molecular flexibility index (Phi) is 4.79. The maximum Gasteiger partial charge on any atom is 0.133 e.